The van der Waals surface area contributed by atoms with Gasteiger partial charge in [0.1, 0.15) is 5.78 Å². The molecule has 1 unspecified atom stereocenters. The molecule has 0 spiro atoms. The van der Waals surface area contributed by atoms with Crippen LogP contribution in [0.5, 0.6) is 0 Å². The van der Waals surface area contributed by atoms with Crippen molar-refractivity contribution in [1.29, 1.82) is 0 Å². The van der Waals surface area contributed by atoms with Gasteiger partial charge in [-0.05, 0) is 18.1 Å². The van der Waals surface area contributed by atoms with Gasteiger partial charge in [0.15, 0.2) is 0 Å². The molecule has 0 aromatic heterocycles. The Balaban J connectivity index is 3.24. The van der Waals surface area contributed by atoms with Crippen molar-refractivity contribution in [1.82, 2.24) is 0 Å². The molecule has 0 heterocycles. The van der Waals surface area contributed by atoms with E-state index in [1.54, 1.807) is 11.8 Å². The monoisotopic (exact) mass is 190 g/mol. The molecule has 0 fully saturated rings. The van der Waals surface area contributed by atoms with Crippen LogP contribution in [0.4, 0.5) is 0 Å². The van der Waals surface area contributed by atoms with Crippen LogP contribution in [0.3, 0.4) is 0 Å². The lowest BCUT2D eigenvalue weighted by atomic mass is 10.2. The predicted molar refractivity (Wildman–Crippen MR) is 53.5 cm³/mol. The summed E-state index contributed by atoms with van der Waals surface area (Å²) in [6.45, 7) is 4.21. The third-order valence-electron chi connectivity index (χ3n) is 1.51. The molecular weight excluding hydrogens is 172 g/mol. The molecule has 12 heavy (non-hydrogen) atoms. The number of aliphatic hydroxyl groups excluding tert-OH is 1. The molecule has 0 saturated carbocycles. The minimum atomic E-state index is 0.217. The number of hydrogen-bond donors (Lipinski definition) is 1. The summed E-state index contributed by atoms with van der Waals surface area (Å²) in [5, 5.41) is 8.71. The van der Waals surface area contributed by atoms with E-state index >= 15 is 0 Å². The Morgan fingerprint density at radius 3 is 2.75 bits per heavy atom. The van der Waals surface area contributed by atoms with Crippen LogP contribution in [0.2, 0.25) is 0 Å². The molecule has 1 atom stereocenters. The second-order valence-corrected chi connectivity index (χ2v) is 4.12. The maximum absolute atomic E-state index is 11.0. The first kappa shape index (κ1) is 12.0. The maximum Gasteiger partial charge on any atom is 0.142 e. The standard InChI is InChI=1S/C9H18O2S/c1-3-4-9(11)7-12-6-8(2)5-10/h8,10H,3-7H2,1-2H3. The number of rotatable bonds is 7. The molecule has 1 N–H and O–H groups in total. The van der Waals surface area contributed by atoms with Gasteiger partial charge in [-0.25, -0.2) is 0 Å². The molecule has 2 nitrogen and oxygen atoms in total. The van der Waals surface area contributed by atoms with Crippen LogP contribution in [0.25, 0.3) is 0 Å². The van der Waals surface area contributed by atoms with Crippen molar-refractivity contribution in [3.63, 3.8) is 0 Å². The van der Waals surface area contributed by atoms with Crippen molar-refractivity contribution < 1.29 is 9.90 Å². The van der Waals surface area contributed by atoms with Crippen LogP contribution in [0.1, 0.15) is 26.7 Å². The summed E-state index contributed by atoms with van der Waals surface area (Å²) in [6, 6.07) is 0. The SMILES string of the molecule is CCCC(=O)CSCC(C)CO. The van der Waals surface area contributed by atoms with Crippen LogP contribution in [0.15, 0.2) is 0 Å². The van der Waals surface area contributed by atoms with Crippen molar-refractivity contribution in [2.24, 2.45) is 5.92 Å². The lowest BCUT2D eigenvalue weighted by Crippen LogP contribution is -2.07. The molecule has 0 aromatic carbocycles. The van der Waals surface area contributed by atoms with E-state index in [0.717, 1.165) is 12.2 Å². The number of ketones is 1. The Morgan fingerprint density at radius 1 is 1.58 bits per heavy atom. The molecule has 0 saturated heterocycles. The highest BCUT2D eigenvalue weighted by molar-refractivity contribution is 7.99. The van der Waals surface area contributed by atoms with Gasteiger partial charge in [-0.2, -0.15) is 11.8 Å². The number of carbonyl (C=O) groups is 1. The highest BCUT2D eigenvalue weighted by atomic mass is 32.2. The topological polar surface area (TPSA) is 37.3 Å². The minimum absolute atomic E-state index is 0.217. The van der Waals surface area contributed by atoms with E-state index in [2.05, 4.69) is 0 Å². The maximum atomic E-state index is 11.0. The smallest absolute Gasteiger partial charge is 0.142 e. The van der Waals surface area contributed by atoms with Crippen molar-refractivity contribution in [3.8, 4) is 0 Å². The van der Waals surface area contributed by atoms with Gasteiger partial charge in [0.05, 0.1) is 5.75 Å². The van der Waals surface area contributed by atoms with Crippen molar-refractivity contribution >= 4 is 17.5 Å². The third kappa shape index (κ3) is 6.68. The summed E-state index contributed by atoms with van der Waals surface area (Å²) >= 11 is 1.62. The highest BCUT2D eigenvalue weighted by Gasteiger charge is 2.03. The summed E-state index contributed by atoms with van der Waals surface area (Å²) in [4.78, 5) is 11.0. The number of Topliss-reactive ketones (excluding diaryl/α,β-unsaturated/α-hetero) is 1. The Hall–Kier alpha value is -0.0200. The number of hydrogen-bond acceptors (Lipinski definition) is 3. The van der Waals surface area contributed by atoms with E-state index in [4.69, 9.17) is 5.11 Å². The van der Waals surface area contributed by atoms with Crippen LogP contribution in [-0.2, 0) is 4.79 Å². The number of thioether (sulfide) groups is 1. The van der Waals surface area contributed by atoms with Gasteiger partial charge in [-0.3, -0.25) is 4.79 Å². The molecular formula is C9H18O2S. The number of aliphatic hydroxyl groups is 1. The van der Waals surface area contributed by atoms with Crippen molar-refractivity contribution in [2.75, 3.05) is 18.1 Å². The predicted octanol–water partition coefficient (Wildman–Crippen LogP) is 1.72. The fraction of sp³-hybridized carbons (Fsp3) is 0.889. The molecule has 0 aliphatic heterocycles. The first-order valence-electron chi connectivity index (χ1n) is 4.41. The zero-order chi connectivity index (χ0) is 9.40. The summed E-state index contributed by atoms with van der Waals surface area (Å²) in [7, 11) is 0. The summed E-state index contributed by atoms with van der Waals surface area (Å²) in [5.41, 5.74) is 0. The Bertz CT molecular complexity index is 126. The summed E-state index contributed by atoms with van der Waals surface area (Å²) in [6.07, 6.45) is 1.63. The first-order valence-corrected chi connectivity index (χ1v) is 5.56. The van der Waals surface area contributed by atoms with E-state index in [9.17, 15) is 4.79 Å². The largest absolute Gasteiger partial charge is 0.396 e. The Morgan fingerprint density at radius 2 is 2.25 bits per heavy atom. The zero-order valence-electron chi connectivity index (χ0n) is 7.88. The molecule has 0 aliphatic carbocycles. The fourth-order valence-electron chi connectivity index (χ4n) is 0.778. The average Bonchev–Trinajstić information content (AvgIpc) is 2.04. The zero-order valence-corrected chi connectivity index (χ0v) is 8.69. The Labute approximate surface area is 78.7 Å². The molecule has 0 radical (unpaired) electrons. The quantitative estimate of drug-likeness (QED) is 0.664. The van der Waals surface area contributed by atoms with Gasteiger partial charge in [0.2, 0.25) is 0 Å². The molecule has 0 bridgehead atoms. The lowest BCUT2D eigenvalue weighted by Gasteiger charge is -2.05. The van der Waals surface area contributed by atoms with Gasteiger partial charge in [-0.15, -0.1) is 0 Å². The lowest BCUT2D eigenvalue weighted by molar-refractivity contribution is -0.116. The van der Waals surface area contributed by atoms with Gasteiger partial charge in [0.25, 0.3) is 0 Å². The van der Waals surface area contributed by atoms with Gasteiger partial charge >= 0.3 is 0 Å². The molecule has 0 aliphatic rings. The summed E-state index contributed by atoms with van der Waals surface area (Å²) < 4.78 is 0. The van der Waals surface area contributed by atoms with Gasteiger partial charge < -0.3 is 5.11 Å². The minimum Gasteiger partial charge on any atom is -0.396 e. The van der Waals surface area contributed by atoms with Crippen LogP contribution in [-0.4, -0.2) is 29.0 Å². The first-order chi connectivity index (χ1) is 5.70. The number of carbonyl (C=O) groups excluding carboxylic acids is 1. The molecule has 0 amide bonds. The summed E-state index contributed by atoms with van der Waals surface area (Å²) in [5.74, 6) is 2.13. The second kappa shape index (κ2) is 7.62. The van der Waals surface area contributed by atoms with E-state index in [1.165, 1.54) is 0 Å². The van der Waals surface area contributed by atoms with E-state index in [1.807, 2.05) is 13.8 Å². The van der Waals surface area contributed by atoms with Crippen LogP contribution in [0, 0.1) is 5.92 Å². The van der Waals surface area contributed by atoms with Crippen molar-refractivity contribution in [3.05, 3.63) is 0 Å². The van der Waals surface area contributed by atoms with E-state index in [0.29, 0.717) is 23.9 Å². The average molecular weight is 190 g/mol. The highest BCUT2D eigenvalue weighted by Crippen LogP contribution is 2.08. The van der Waals surface area contributed by atoms with Crippen LogP contribution < -0.4 is 0 Å². The van der Waals surface area contributed by atoms with Gasteiger partial charge in [-0.1, -0.05) is 13.8 Å². The third-order valence-corrected chi connectivity index (χ3v) is 2.84. The normalized spacial score (nSPS) is 12.9. The van der Waals surface area contributed by atoms with Crippen molar-refractivity contribution in [2.45, 2.75) is 26.7 Å². The molecule has 0 rings (SSSR count). The van der Waals surface area contributed by atoms with Crippen LogP contribution >= 0.6 is 11.8 Å². The molecule has 72 valence electrons. The van der Waals surface area contributed by atoms with E-state index in [-0.39, 0.29) is 6.61 Å². The Kier molecular flexibility index (Phi) is 7.61. The van der Waals surface area contributed by atoms with E-state index < -0.39 is 0 Å². The fourth-order valence-corrected chi connectivity index (χ4v) is 1.78. The second-order valence-electron chi connectivity index (χ2n) is 3.09. The molecule has 0 aromatic rings. The molecule has 3 heteroatoms. The van der Waals surface area contributed by atoms with Gasteiger partial charge in [0, 0.05) is 13.0 Å².